The Morgan fingerprint density at radius 2 is 1.42 bits per heavy atom. The minimum Gasteiger partial charge on any atom is -0.462 e. The second kappa shape index (κ2) is 9.54. The summed E-state index contributed by atoms with van der Waals surface area (Å²) in [6.07, 6.45) is 1.41. The van der Waals surface area contributed by atoms with E-state index in [1.165, 1.54) is 12.1 Å². The van der Waals surface area contributed by atoms with Gasteiger partial charge in [0.25, 0.3) is 0 Å². The molecule has 33 heavy (non-hydrogen) atoms. The number of fused-ring (bicyclic) bond motifs is 2. The number of anilines is 2. The molecule has 0 saturated heterocycles. The minimum absolute atomic E-state index is 0.250. The third-order valence-electron chi connectivity index (χ3n) is 5.14. The summed E-state index contributed by atoms with van der Waals surface area (Å²) in [5.41, 5.74) is 5.09. The van der Waals surface area contributed by atoms with Crippen LogP contribution in [-0.4, -0.2) is 35.1 Å². The number of aromatic nitrogens is 2. The molecule has 0 fully saturated rings. The summed E-state index contributed by atoms with van der Waals surface area (Å²) < 4.78 is 22.8. The van der Waals surface area contributed by atoms with E-state index in [1.807, 2.05) is 26.0 Å². The van der Waals surface area contributed by atoms with Crippen molar-refractivity contribution in [3.05, 3.63) is 81.0 Å². The Hall–Kier alpha value is -3.52. The Morgan fingerprint density at radius 1 is 0.879 bits per heavy atom. The lowest BCUT2D eigenvalue weighted by molar-refractivity contribution is 0.0471. The summed E-state index contributed by atoms with van der Waals surface area (Å²) in [7, 11) is 0. The van der Waals surface area contributed by atoms with Crippen molar-refractivity contribution in [2.45, 2.75) is 26.7 Å². The van der Waals surface area contributed by atoms with Gasteiger partial charge < -0.3 is 14.8 Å². The highest BCUT2D eigenvalue weighted by molar-refractivity contribution is 6.32. The number of carbonyl (C=O) groups is 2. The van der Waals surface area contributed by atoms with Crippen molar-refractivity contribution < 1.29 is 23.5 Å². The molecule has 0 unspecified atom stereocenters. The van der Waals surface area contributed by atoms with Crippen LogP contribution in [0.5, 0.6) is 0 Å². The second-order valence-corrected chi connectivity index (χ2v) is 8.00. The zero-order valence-corrected chi connectivity index (χ0v) is 18.8. The number of benzene rings is 1. The molecule has 7 nitrogen and oxygen atoms in total. The Bertz CT molecular complexity index is 1230. The number of hydrogen-bond acceptors (Lipinski definition) is 7. The van der Waals surface area contributed by atoms with Gasteiger partial charge in [-0.1, -0.05) is 11.6 Å². The first-order valence-corrected chi connectivity index (χ1v) is 10.7. The minimum atomic E-state index is -0.372. The third-order valence-corrected chi connectivity index (χ3v) is 5.41. The second-order valence-electron chi connectivity index (χ2n) is 7.64. The van der Waals surface area contributed by atoms with Crippen LogP contribution < -0.4 is 5.32 Å². The third kappa shape index (κ3) is 5.12. The van der Waals surface area contributed by atoms with Gasteiger partial charge in [0.05, 0.1) is 13.2 Å². The number of nitrogens with one attached hydrogen (secondary N) is 1. The summed E-state index contributed by atoms with van der Waals surface area (Å²) in [5.74, 6) is -0.590. The van der Waals surface area contributed by atoms with E-state index < -0.39 is 0 Å². The number of pyridine rings is 2. The topological polar surface area (TPSA) is 90.4 Å². The van der Waals surface area contributed by atoms with E-state index in [2.05, 4.69) is 15.3 Å². The van der Waals surface area contributed by atoms with Crippen molar-refractivity contribution in [1.82, 2.24) is 9.97 Å². The quantitative estimate of drug-likeness (QED) is 0.428. The molecule has 0 atom stereocenters. The summed E-state index contributed by atoms with van der Waals surface area (Å²) >= 11 is 5.83. The number of rotatable bonds is 2. The molecule has 0 spiro atoms. The summed E-state index contributed by atoms with van der Waals surface area (Å²) in [6.45, 7) is 4.55. The van der Waals surface area contributed by atoms with E-state index in [1.54, 1.807) is 12.1 Å². The van der Waals surface area contributed by atoms with E-state index in [-0.39, 0.29) is 22.9 Å². The first-order valence-electron chi connectivity index (χ1n) is 10.3. The van der Waals surface area contributed by atoms with Gasteiger partial charge in [-0.25, -0.2) is 23.9 Å². The van der Waals surface area contributed by atoms with Crippen LogP contribution in [0.2, 0.25) is 5.15 Å². The van der Waals surface area contributed by atoms with Crippen molar-refractivity contribution in [3.63, 3.8) is 0 Å². The fraction of sp³-hybridized carbons (Fsp3) is 0.250. The lowest BCUT2D eigenvalue weighted by Crippen LogP contribution is -2.20. The highest BCUT2D eigenvalue weighted by Gasteiger charge is 2.24. The Morgan fingerprint density at radius 3 is 2.06 bits per heavy atom. The van der Waals surface area contributed by atoms with Crippen LogP contribution in [0.3, 0.4) is 0 Å². The van der Waals surface area contributed by atoms with Gasteiger partial charge in [-0.15, -0.1) is 0 Å². The van der Waals surface area contributed by atoms with Crippen LogP contribution in [0.15, 0.2) is 36.4 Å². The van der Waals surface area contributed by atoms with Gasteiger partial charge in [0.2, 0.25) is 0 Å². The zero-order valence-electron chi connectivity index (χ0n) is 18.1. The van der Waals surface area contributed by atoms with Gasteiger partial charge in [-0.3, -0.25) is 0 Å². The maximum Gasteiger partial charge on any atom is 0.342 e. The molecule has 2 aromatic heterocycles. The predicted molar refractivity (Wildman–Crippen MR) is 121 cm³/mol. The summed E-state index contributed by atoms with van der Waals surface area (Å²) in [5, 5.41) is 3.30. The number of cyclic esters (lactones) is 2. The van der Waals surface area contributed by atoms with Crippen molar-refractivity contribution in [2.75, 3.05) is 18.5 Å². The SMILES string of the molecule is Cc1cc2c(c(Cl)n1)C(=O)OCC2.Cc1cc2c(c(Nc3ccc(F)cc3)n1)C(=O)OCC2. The average molecular weight is 470 g/mol. The lowest BCUT2D eigenvalue weighted by atomic mass is 10.0. The number of carbonyl (C=O) groups excluding carboxylic acids is 2. The zero-order chi connectivity index (χ0) is 23.5. The smallest absolute Gasteiger partial charge is 0.342 e. The molecular weight excluding hydrogens is 449 g/mol. The van der Waals surface area contributed by atoms with E-state index in [9.17, 15) is 14.0 Å². The molecule has 0 bridgehead atoms. The molecule has 2 aliphatic rings. The molecule has 1 N–H and O–H groups in total. The largest absolute Gasteiger partial charge is 0.462 e. The van der Waals surface area contributed by atoms with Crippen LogP contribution in [0.1, 0.15) is 43.2 Å². The maximum absolute atomic E-state index is 12.9. The molecule has 0 radical (unpaired) electrons. The Balaban J connectivity index is 0.000000172. The Kier molecular flexibility index (Phi) is 6.55. The normalized spacial score (nSPS) is 14.2. The number of esters is 2. The van der Waals surface area contributed by atoms with Gasteiger partial charge >= 0.3 is 11.9 Å². The maximum atomic E-state index is 12.9. The van der Waals surface area contributed by atoms with E-state index >= 15 is 0 Å². The molecule has 2 aliphatic heterocycles. The van der Waals surface area contributed by atoms with E-state index in [0.29, 0.717) is 42.3 Å². The van der Waals surface area contributed by atoms with E-state index in [4.69, 9.17) is 21.1 Å². The molecule has 0 saturated carbocycles. The molecular formula is C24H21ClFN3O4. The van der Waals surface area contributed by atoms with Crippen molar-refractivity contribution in [3.8, 4) is 0 Å². The van der Waals surface area contributed by atoms with Crippen LogP contribution in [0, 0.1) is 19.7 Å². The fourth-order valence-corrected chi connectivity index (χ4v) is 4.02. The van der Waals surface area contributed by atoms with Gasteiger partial charge in [0, 0.05) is 29.9 Å². The average Bonchev–Trinajstić information content (AvgIpc) is 2.75. The summed E-state index contributed by atoms with van der Waals surface area (Å²) in [4.78, 5) is 31.5. The molecule has 5 rings (SSSR count). The molecule has 9 heteroatoms. The van der Waals surface area contributed by atoms with Crippen LogP contribution >= 0.6 is 11.6 Å². The fourth-order valence-electron chi connectivity index (χ4n) is 3.69. The van der Waals surface area contributed by atoms with Crippen molar-refractivity contribution in [1.29, 1.82) is 0 Å². The lowest BCUT2D eigenvalue weighted by Gasteiger charge is -2.19. The number of nitrogens with zero attached hydrogens (tertiary/aromatic N) is 2. The van der Waals surface area contributed by atoms with Gasteiger partial charge in [0.1, 0.15) is 27.9 Å². The van der Waals surface area contributed by atoms with Crippen LogP contribution in [0.25, 0.3) is 0 Å². The number of aryl methyl sites for hydroxylation is 2. The predicted octanol–water partition coefficient (Wildman–Crippen LogP) is 4.74. The standard InChI is InChI=1S/C15H13FN2O2.C9H8ClNO2/c1-9-8-10-6-7-20-15(19)13(10)14(17-9)18-12-4-2-11(16)3-5-12;1-5-4-6-2-3-13-9(12)7(6)8(10)11-5/h2-5,8H,6-7H2,1H3,(H,17,18);4H,2-3H2,1H3. The molecule has 0 aliphatic carbocycles. The number of ether oxygens (including phenoxy) is 2. The monoisotopic (exact) mass is 469 g/mol. The highest BCUT2D eigenvalue weighted by atomic mass is 35.5. The van der Waals surface area contributed by atoms with Gasteiger partial charge in [0.15, 0.2) is 0 Å². The number of hydrogen-bond donors (Lipinski definition) is 1. The Labute approximate surface area is 194 Å². The van der Waals surface area contributed by atoms with Gasteiger partial charge in [-0.2, -0.15) is 0 Å². The molecule has 4 heterocycles. The summed E-state index contributed by atoms with van der Waals surface area (Å²) in [6, 6.07) is 9.67. The van der Waals surface area contributed by atoms with Crippen LogP contribution in [0.4, 0.5) is 15.9 Å². The first kappa shape index (κ1) is 22.7. The van der Waals surface area contributed by atoms with Crippen LogP contribution in [-0.2, 0) is 22.3 Å². The first-order chi connectivity index (χ1) is 15.8. The van der Waals surface area contributed by atoms with E-state index in [0.717, 1.165) is 28.9 Å². The highest BCUT2D eigenvalue weighted by Crippen LogP contribution is 2.27. The molecule has 170 valence electrons. The molecule has 1 aromatic carbocycles. The molecule has 3 aromatic rings. The molecule has 0 amide bonds. The van der Waals surface area contributed by atoms with Crippen molar-refractivity contribution >= 4 is 35.0 Å². The van der Waals surface area contributed by atoms with Crippen molar-refractivity contribution in [2.24, 2.45) is 0 Å². The van der Waals surface area contributed by atoms with Gasteiger partial charge in [-0.05, 0) is 61.4 Å². The number of halogens is 2.